The predicted octanol–water partition coefficient (Wildman–Crippen LogP) is 2.31. The van der Waals surface area contributed by atoms with Gasteiger partial charge in [-0.1, -0.05) is 12.1 Å². The van der Waals surface area contributed by atoms with Gasteiger partial charge in [-0.15, -0.1) is 0 Å². The fourth-order valence-corrected chi connectivity index (χ4v) is 4.70. The van der Waals surface area contributed by atoms with Gasteiger partial charge in [0.2, 0.25) is 10.0 Å². The van der Waals surface area contributed by atoms with Crippen LogP contribution in [0.4, 0.5) is 15.8 Å². The van der Waals surface area contributed by atoms with Crippen molar-refractivity contribution in [1.29, 1.82) is 0 Å². The molecule has 1 aliphatic heterocycles. The van der Waals surface area contributed by atoms with Crippen LogP contribution in [0.2, 0.25) is 0 Å². The highest BCUT2D eigenvalue weighted by molar-refractivity contribution is 7.89. The van der Waals surface area contributed by atoms with Crippen molar-refractivity contribution in [3.63, 3.8) is 0 Å². The molecule has 0 N–H and O–H groups in total. The maximum absolute atomic E-state index is 13.1. The van der Waals surface area contributed by atoms with E-state index >= 15 is 0 Å². The second-order valence-electron chi connectivity index (χ2n) is 7.10. The average molecular weight is 422 g/mol. The van der Waals surface area contributed by atoms with Gasteiger partial charge in [0.25, 0.3) is 5.69 Å². The molecule has 8 nitrogen and oxygen atoms in total. The first-order chi connectivity index (χ1) is 13.7. The summed E-state index contributed by atoms with van der Waals surface area (Å²) in [5, 5.41) is 11.6. The van der Waals surface area contributed by atoms with Crippen LogP contribution in [-0.4, -0.2) is 62.8 Å². The summed E-state index contributed by atoms with van der Waals surface area (Å²) in [6.07, 6.45) is 0. The predicted molar refractivity (Wildman–Crippen MR) is 108 cm³/mol. The van der Waals surface area contributed by atoms with Crippen LogP contribution >= 0.6 is 0 Å². The molecule has 0 spiro atoms. The van der Waals surface area contributed by atoms with Gasteiger partial charge in [-0.3, -0.25) is 10.1 Å². The zero-order valence-electron chi connectivity index (χ0n) is 16.3. The summed E-state index contributed by atoms with van der Waals surface area (Å²) in [4.78, 5) is 14.6. The van der Waals surface area contributed by atoms with Crippen molar-refractivity contribution in [3.8, 4) is 0 Å². The molecule has 3 rings (SSSR count). The van der Waals surface area contributed by atoms with Gasteiger partial charge in [-0.05, 0) is 36.9 Å². The third-order valence-electron chi connectivity index (χ3n) is 4.99. The molecule has 0 aliphatic carbocycles. The normalized spacial score (nSPS) is 16.0. The van der Waals surface area contributed by atoms with Gasteiger partial charge in [0, 0.05) is 45.8 Å². The Labute approximate surface area is 169 Å². The van der Waals surface area contributed by atoms with E-state index < -0.39 is 14.9 Å². The third kappa shape index (κ3) is 4.72. The lowest BCUT2D eigenvalue weighted by Gasteiger charge is -2.31. The summed E-state index contributed by atoms with van der Waals surface area (Å²) in [5.41, 5.74) is 0.777. The number of rotatable bonds is 6. The molecule has 0 aromatic heterocycles. The molecule has 2 aromatic carbocycles. The van der Waals surface area contributed by atoms with Crippen molar-refractivity contribution in [1.82, 2.24) is 9.21 Å². The SMILES string of the molecule is CN1CCN(S(=O)(=O)c2ccc(N(C)Cc3ccc(F)cc3)c([N+](=O)[O-])c2)CC1. The van der Waals surface area contributed by atoms with Gasteiger partial charge >= 0.3 is 0 Å². The van der Waals surface area contributed by atoms with Crippen LogP contribution < -0.4 is 4.90 Å². The van der Waals surface area contributed by atoms with Crippen molar-refractivity contribution in [2.24, 2.45) is 0 Å². The lowest BCUT2D eigenvalue weighted by molar-refractivity contribution is -0.384. The third-order valence-corrected chi connectivity index (χ3v) is 6.88. The van der Waals surface area contributed by atoms with Crippen LogP contribution in [-0.2, 0) is 16.6 Å². The molecule has 0 amide bonds. The Balaban J connectivity index is 1.88. The first kappa shape index (κ1) is 21.2. The molecule has 1 heterocycles. The first-order valence-electron chi connectivity index (χ1n) is 9.11. The van der Waals surface area contributed by atoms with Gasteiger partial charge in [-0.2, -0.15) is 4.31 Å². The monoisotopic (exact) mass is 422 g/mol. The van der Waals surface area contributed by atoms with E-state index in [1.807, 2.05) is 11.9 Å². The van der Waals surface area contributed by atoms with Gasteiger partial charge in [0.15, 0.2) is 0 Å². The molecule has 0 saturated carbocycles. The van der Waals surface area contributed by atoms with Crippen molar-refractivity contribution in [2.75, 3.05) is 45.2 Å². The van der Waals surface area contributed by atoms with Gasteiger partial charge < -0.3 is 9.80 Å². The number of nitro benzene ring substituents is 1. The molecule has 1 fully saturated rings. The van der Waals surface area contributed by atoms with E-state index in [1.54, 1.807) is 24.1 Å². The van der Waals surface area contributed by atoms with Crippen LogP contribution in [0.3, 0.4) is 0 Å². The molecular formula is C19H23FN4O4S. The first-order valence-corrected chi connectivity index (χ1v) is 10.5. The van der Waals surface area contributed by atoms with Crippen molar-refractivity contribution in [3.05, 3.63) is 64.0 Å². The summed E-state index contributed by atoms with van der Waals surface area (Å²) in [6, 6.07) is 9.81. The number of hydrogen-bond acceptors (Lipinski definition) is 6. The van der Waals surface area contributed by atoms with Gasteiger partial charge in [-0.25, -0.2) is 12.8 Å². The van der Waals surface area contributed by atoms with E-state index in [-0.39, 0.29) is 22.1 Å². The van der Waals surface area contributed by atoms with E-state index in [9.17, 15) is 22.9 Å². The molecule has 0 atom stereocenters. The molecule has 0 bridgehead atoms. The highest BCUT2D eigenvalue weighted by Gasteiger charge is 2.30. The molecule has 1 saturated heterocycles. The maximum Gasteiger partial charge on any atom is 0.293 e. The average Bonchev–Trinajstić information content (AvgIpc) is 2.69. The summed E-state index contributed by atoms with van der Waals surface area (Å²) < 4.78 is 40.3. The van der Waals surface area contributed by atoms with E-state index in [0.29, 0.717) is 32.7 Å². The zero-order chi connectivity index (χ0) is 21.2. The Bertz CT molecular complexity index is 990. The molecule has 156 valence electrons. The van der Waals surface area contributed by atoms with E-state index in [2.05, 4.69) is 0 Å². The lowest BCUT2D eigenvalue weighted by Crippen LogP contribution is -2.47. The van der Waals surface area contributed by atoms with Crippen LogP contribution in [0.5, 0.6) is 0 Å². The Morgan fingerprint density at radius 2 is 1.72 bits per heavy atom. The molecule has 10 heteroatoms. The second kappa shape index (κ2) is 8.44. The van der Waals surface area contributed by atoms with Gasteiger partial charge in [0.1, 0.15) is 11.5 Å². The Morgan fingerprint density at radius 3 is 2.31 bits per heavy atom. The highest BCUT2D eigenvalue weighted by atomic mass is 32.2. The molecule has 1 aliphatic rings. The Morgan fingerprint density at radius 1 is 1.10 bits per heavy atom. The van der Waals surface area contributed by atoms with Crippen LogP contribution in [0.1, 0.15) is 5.56 Å². The van der Waals surface area contributed by atoms with Crippen molar-refractivity contribution in [2.45, 2.75) is 11.4 Å². The summed E-state index contributed by atoms with van der Waals surface area (Å²) in [6.45, 7) is 2.23. The Hall–Kier alpha value is -2.56. The minimum Gasteiger partial charge on any atom is -0.365 e. The fourth-order valence-electron chi connectivity index (χ4n) is 3.26. The summed E-state index contributed by atoms with van der Waals surface area (Å²) >= 11 is 0. The van der Waals surface area contributed by atoms with Crippen LogP contribution in [0.25, 0.3) is 0 Å². The minimum atomic E-state index is -3.81. The number of nitro groups is 1. The van der Waals surface area contributed by atoms with Crippen LogP contribution in [0.15, 0.2) is 47.4 Å². The standard InChI is InChI=1S/C19H23FN4O4S/c1-21-9-11-23(12-10-21)29(27,28)17-7-8-18(19(13-17)24(25)26)22(2)14-15-3-5-16(20)6-4-15/h3-8,13H,9-12,14H2,1-2H3. The summed E-state index contributed by atoms with van der Waals surface area (Å²) in [5.74, 6) is -0.360. The molecule has 0 radical (unpaired) electrons. The van der Waals surface area contributed by atoms with E-state index in [0.717, 1.165) is 11.6 Å². The largest absolute Gasteiger partial charge is 0.365 e. The zero-order valence-corrected chi connectivity index (χ0v) is 17.1. The van der Waals surface area contributed by atoms with E-state index in [4.69, 9.17) is 0 Å². The number of hydrogen-bond donors (Lipinski definition) is 0. The lowest BCUT2D eigenvalue weighted by atomic mass is 10.2. The maximum atomic E-state index is 13.1. The van der Waals surface area contributed by atoms with Gasteiger partial charge in [0.05, 0.1) is 9.82 Å². The number of anilines is 1. The number of halogens is 1. The number of likely N-dealkylation sites (N-methyl/N-ethyl adjacent to an activating group) is 1. The van der Waals surface area contributed by atoms with Crippen LogP contribution in [0, 0.1) is 15.9 Å². The summed E-state index contributed by atoms with van der Waals surface area (Å²) in [7, 11) is -0.221. The smallest absolute Gasteiger partial charge is 0.293 e. The second-order valence-corrected chi connectivity index (χ2v) is 9.04. The number of benzene rings is 2. The number of piperazine rings is 1. The number of sulfonamides is 1. The molecule has 2 aromatic rings. The minimum absolute atomic E-state index is 0.0901. The Kier molecular flexibility index (Phi) is 6.15. The number of nitrogens with zero attached hydrogens (tertiary/aromatic N) is 4. The fraction of sp³-hybridized carbons (Fsp3) is 0.368. The van der Waals surface area contributed by atoms with Crippen molar-refractivity contribution >= 4 is 21.4 Å². The quantitative estimate of drug-likeness (QED) is 0.525. The highest BCUT2D eigenvalue weighted by Crippen LogP contribution is 2.32. The van der Waals surface area contributed by atoms with Crippen molar-refractivity contribution < 1.29 is 17.7 Å². The molecule has 29 heavy (non-hydrogen) atoms. The topological polar surface area (TPSA) is 87.0 Å². The molecular weight excluding hydrogens is 399 g/mol. The van der Waals surface area contributed by atoms with E-state index in [1.165, 1.54) is 28.6 Å². The molecule has 0 unspecified atom stereocenters.